The zero-order chi connectivity index (χ0) is 29.7. The van der Waals surface area contributed by atoms with E-state index in [0.717, 1.165) is 29.1 Å². The van der Waals surface area contributed by atoms with Crippen molar-refractivity contribution in [2.75, 3.05) is 18.1 Å². The Morgan fingerprint density at radius 1 is 1.24 bits per heavy atom. The number of ketones is 1. The number of benzene rings is 2. The topological polar surface area (TPSA) is 149 Å². The summed E-state index contributed by atoms with van der Waals surface area (Å²) in [6, 6.07) is 10.6. The van der Waals surface area contributed by atoms with E-state index in [4.69, 9.17) is 9.47 Å². The van der Waals surface area contributed by atoms with Crippen LogP contribution in [0.25, 0.3) is 5.76 Å². The molecule has 1 aliphatic rings. The number of carbonyl (C=O) groups is 3. The monoisotopic (exact) mass is 577 g/mol. The molecule has 1 unspecified atom stereocenters. The molecule has 12 heteroatoms. The quantitative estimate of drug-likeness (QED) is 0.0455. The molecule has 2 heterocycles. The van der Waals surface area contributed by atoms with Gasteiger partial charge in [-0.3, -0.25) is 24.6 Å². The molecule has 1 atom stereocenters. The summed E-state index contributed by atoms with van der Waals surface area (Å²) in [5.41, 5.74) is 0.110. The number of unbranched alkanes of at least 4 members (excludes halogenated alkanes) is 1. The molecule has 0 bridgehead atoms. The summed E-state index contributed by atoms with van der Waals surface area (Å²) in [6.07, 6.45) is 3.15. The summed E-state index contributed by atoms with van der Waals surface area (Å²) in [7, 11) is 0. The maximum atomic E-state index is 13.5. The molecule has 0 spiro atoms. The van der Waals surface area contributed by atoms with E-state index >= 15 is 0 Å². The third kappa shape index (κ3) is 6.02. The van der Waals surface area contributed by atoms with Gasteiger partial charge in [-0.2, -0.15) is 0 Å². The molecule has 3 aromatic rings. The highest BCUT2D eigenvalue weighted by Gasteiger charge is 2.48. The molecule has 1 amide bonds. The number of aryl methyl sites for hydroxylation is 1. The maximum absolute atomic E-state index is 13.5. The number of hydrogen-bond acceptors (Lipinski definition) is 10. The number of nitro groups is 1. The first-order valence-electron chi connectivity index (χ1n) is 12.7. The highest BCUT2D eigenvalue weighted by Crippen LogP contribution is 2.44. The van der Waals surface area contributed by atoms with Crippen molar-refractivity contribution in [1.82, 2.24) is 4.98 Å². The van der Waals surface area contributed by atoms with E-state index in [1.54, 1.807) is 31.2 Å². The molecular weight excluding hydrogens is 550 g/mol. The number of carbonyl (C=O) groups excluding carboxylic acids is 3. The Hall–Kier alpha value is -4.84. The molecule has 2 aromatic carbocycles. The van der Waals surface area contributed by atoms with Gasteiger partial charge in [0.1, 0.15) is 23.0 Å². The number of hydrogen-bond donors (Lipinski definition) is 1. The minimum Gasteiger partial charge on any atom is -0.507 e. The number of Topliss-reactive ketones (excluding diaryl/α,β-unsaturated/α-hetero) is 1. The molecule has 11 nitrogen and oxygen atoms in total. The van der Waals surface area contributed by atoms with Crippen LogP contribution >= 0.6 is 11.3 Å². The third-order valence-corrected chi connectivity index (χ3v) is 7.36. The molecule has 1 aliphatic heterocycles. The van der Waals surface area contributed by atoms with Gasteiger partial charge in [0, 0.05) is 17.7 Å². The molecule has 1 fully saturated rings. The summed E-state index contributed by atoms with van der Waals surface area (Å²) in [6.45, 7) is 7.50. The molecule has 1 N–H and O–H groups in total. The lowest BCUT2D eigenvalue weighted by Crippen LogP contribution is -2.29. The van der Waals surface area contributed by atoms with Gasteiger partial charge in [-0.15, -0.1) is 0 Å². The van der Waals surface area contributed by atoms with Crippen LogP contribution in [0.1, 0.15) is 52.3 Å². The second-order valence-electron chi connectivity index (χ2n) is 9.05. The van der Waals surface area contributed by atoms with Gasteiger partial charge in [0.25, 0.3) is 11.5 Å². The molecule has 4 rings (SSSR count). The van der Waals surface area contributed by atoms with Crippen molar-refractivity contribution >= 4 is 45.6 Å². The molecule has 1 saturated heterocycles. The fraction of sp³-hybridized carbons (Fsp3) is 0.241. The number of amides is 1. The molecule has 212 valence electrons. The zero-order valence-corrected chi connectivity index (χ0v) is 23.2. The van der Waals surface area contributed by atoms with E-state index < -0.39 is 34.4 Å². The average molecular weight is 578 g/mol. The van der Waals surface area contributed by atoms with Gasteiger partial charge in [-0.25, -0.2) is 9.78 Å². The predicted octanol–water partition coefficient (Wildman–Crippen LogP) is 5.51. The number of anilines is 1. The Kier molecular flexibility index (Phi) is 8.93. The minimum atomic E-state index is -1.28. The number of esters is 1. The standard InChI is InChI=1S/C29H27N3O8S/c1-4-6-14-39-21-12-8-10-19(16-21)24(33)22-23(18-9-7-11-20(15-18)32(37)38)31(27(35)25(22)34)29-30-17(3)26(41-29)28(36)40-13-5-2/h5,7-12,15-16,23,33H,2,4,6,13-14H2,1,3H3/b24-22+. The Bertz CT molecular complexity index is 1560. The summed E-state index contributed by atoms with van der Waals surface area (Å²) >= 11 is 0.828. The smallest absolute Gasteiger partial charge is 0.350 e. The van der Waals surface area contributed by atoms with Crippen LogP contribution in [0.2, 0.25) is 0 Å². The number of aliphatic hydroxyl groups is 1. The first-order chi connectivity index (χ1) is 19.7. The van der Waals surface area contributed by atoms with Gasteiger partial charge in [0.2, 0.25) is 0 Å². The maximum Gasteiger partial charge on any atom is 0.350 e. The lowest BCUT2D eigenvalue weighted by molar-refractivity contribution is -0.384. The predicted molar refractivity (Wildman–Crippen MR) is 152 cm³/mol. The Morgan fingerprint density at radius 2 is 2.00 bits per heavy atom. The first-order valence-corrected chi connectivity index (χ1v) is 13.5. The SMILES string of the molecule is C=CCOC(=O)c1sc(N2C(=O)C(=O)/C(=C(/O)c3cccc(OCCCC)c3)C2c2cccc([N+](=O)[O-])c2)nc1C. The van der Waals surface area contributed by atoms with E-state index in [1.165, 1.54) is 30.3 Å². The van der Waals surface area contributed by atoms with E-state index in [1.807, 2.05) is 6.92 Å². The van der Waals surface area contributed by atoms with Crippen LogP contribution in [0.5, 0.6) is 5.75 Å². The summed E-state index contributed by atoms with van der Waals surface area (Å²) in [5, 5.41) is 23.0. The van der Waals surface area contributed by atoms with Crippen molar-refractivity contribution < 1.29 is 33.9 Å². The highest BCUT2D eigenvalue weighted by molar-refractivity contribution is 7.17. The normalized spacial score (nSPS) is 16.0. The van der Waals surface area contributed by atoms with Crippen molar-refractivity contribution in [1.29, 1.82) is 0 Å². The largest absolute Gasteiger partial charge is 0.507 e. The minimum absolute atomic E-state index is 0.0117. The fourth-order valence-corrected chi connectivity index (χ4v) is 5.24. The van der Waals surface area contributed by atoms with Crippen LogP contribution in [0.15, 0.2) is 66.8 Å². The Balaban J connectivity index is 1.87. The molecule has 1 aromatic heterocycles. The molecule has 41 heavy (non-hydrogen) atoms. The number of aliphatic hydroxyl groups excluding tert-OH is 1. The molecular formula is C29H27N3O8S. The highest BCUT2D eigenvalue weighted by atomic mass is 32.1. The number of nitrogens with zero attached hydrogens (tertiary/aromatic N) is 3. The summed E-state index contributed by atoms with van der Waals surface area (Å²) in [5.74, 6) is -2.74. The van der Waals surface area contributed by atoms with E-state index in [2.05, 4.69) is 11.6 Å². The average Bonchev–Trinajstić information content (AvgIpc) is 3.48. The second kappa shape index (κ2) is 12.6. The van der Waals surface area contributed by atoms with Gasteiger partial charge in [-0.1, -0.05) is 61.6 Å². The molecule has 0 aliphatic carbocycles. The van der Waals surface area contributed by atoms with Crippen LogP contribution in [0.3, 0.4) is 0 Å². The second-order valence-corrected chi connectivity index (χ2v) is 10.0. The molecule has 0 radical (unpaired) electrons. The van der Waals surface area contributed by atoms with Crippen LogP contribution in [-0.2, 0) is 14.3 Å². The van der Waals surface area contributed by atoms with Crippen LogP contribution in [0.4, 0.5) is 10.8 Å². The first kappa shape index (κ1) is 29.2. The number of non-ortho nitro benzene ring substituents is 1. The lowest BCUT2D eigenvalue weighted by Gasteiger charge is -2.23. The summed E-state index contributed by atoms with van der Waals surface area (Å²) in [4.78, 5) is 55.9. The number of aromatic nitrogens is 1. The van der Waals surface area contributed by atoms with Gasteiger partial charge in [0.15, 0.2) is 5.13 Å². The van der Waals surface area contributed by atoms with Gasteiger partial charge >= 0.3 is 11.9 Å². The number of ether oxygens (including phenoxy) is 2. The van der Waals surface area contributed by atoms with E-state index in [0.29, 0.717) is 12.4 Å². The Morgan fingerprint density at radius 3 is 2.71 bits per heavy atom. The number of nitro benzene ring substituents is 1. The van der Waals surface area contributed by atoms with Crippen molar-refractivity contribution in [2.24, 2.45) is 0 Å². The number of rotatable bonds is 11. The van der Waals surface area contributed by atoms with Crippen LogP contribution in [0, 0.1) is 17.0 Å². The molecule has 0 saturated carbocycles. The fourth-order valence-electron chi connectivity index (χ4n) is 4.25. The van der Waals surface area contributed by atoms with Crippen molar-refractivity contribution in [2.45, 2.75) is 32.7 Å². The number of thiazole rings is 1. The third-order valence-electron chi connectivity index (χ3n) is 6.22. The van der Waals surface area contributed by atoms with E-state index in [9.17, 15) is 29.6 Å². The summed E-state index contributed by atoms with van der Waals surface area (Å²) < 4.78 is 10.8. The Labute approximate surface area is 239 Å². The van der Waals surface area contributed by atoms with Gasteiger partial charge < -0.3 is 14.6 Å². The van der Waals surface area contributed by atoms with Crippen molar-refractivity contribution in [3.63, 3.8) is 0 Å². The van der Waals surface area contributed by atoms with E-state index in [-0.39, 0.29) is 44.7 Å². The van der Waals surface area contributed by atoms with Crippen molar-refractivity contribution in [3.05, 3.63) is 98.6 Å². The zero-order valence-electron chi connectivity index (χ0n) is 22.4. The lowest BCUT2D eigenvalue weighted by atomic mass is 9.95. The van der Waals surface area contributed by atoms with Gasteiger partial charge in [-0.05, 0) is 31.0 Å². The van der Waals surface area contributed by atoms with Crippen LogP contribution < -0.4 is 9.64 Å². The van der Waals surface area contributed by atoms with Crippen molar-refractivity contribution in [3.8, 4) is 5.75 Å². The van der Waals surface area contributed by atoms with Gasteiger partial charge in [0.05, 0.1) is 28.8 Å². The van der Waals surface area contributed by atoms with Crippen LogP contribution in [-0.4, -0.2) is 45.9 Å².